The summed E-state index contributed by atoms with van der Waals surface area (Å²) in [6, 6.07) is 48.9. The van der Waals surface area contributed by atoms with Crippen molar-refractivity contribution >= 4 is 64.3 Å². The van der Waals surface area contributed by atoms with E-state index in [0.717, 1.165) is 67.6 Å². The minimum Gasteiger partial charge on any atom is 2.00 e. The van der Waals surface area contributed by atoms with Gasteiger partial charge in [0.1, 0.15) is 0 Å². The summed E-state index contributed by atoms with van der Waals surface area (Å²) in [5.74, 6) is 11.2. The standard InChI is InChI=1S/C39H30ClN3.2C2H5Se.Fe/c1-27-15-12-23-32(29-17-6-3-7-18-29)36(27)42-38(30-19-8-4-9-20-30)34-25-14-26-35(41-34)39(31-21-10-5-11-22-31)43-37-28(2)16-13-24-33(37)40;2*1-3-2;/h3-26H,1-2H3;2*1H2,2H3;/q;;;+2. The molecule has 0 N–H and O–H groups in total. The third-order valence-corrected chi connectivity index (χ3v) is 7.59. The molecule has 6 aromatic rings. The molecule has 0 aliphatic heterocycles. The number of aromatic nitrogens is 1. The van der Waals surface area contributed by atoms with Gasteiger partial charge < -0.3 is 0 Å². The maximum Gasteiger partial charge on any atom is 2.00 e. The Morgan fingerprint density at radius 3 is 1.42 bits per heavy atom. The smallest absolute Gasteiger partial charge is 2.00 e. The number of benzene rings is 5. The Kier molecular flexibility index (Phi) is 17.7. The van der Waals surface area contributed by atoms with Crippen LogP contribution in [0.25, 0.3) is 11.1 Å². The van der Waals surface area contributed by atoms with Gasteiger partial charge in [-0.15, -0.1) is 0 Å². The summed E-state index contributed by atoms with van der Waals surface area (Å²) in [5, 5.41) is 0.601. The second-order valence-corrected chi connectivity index (χ2v) is 13.7. The van der Waals surface area contributed by atoms with E-state index in [4.69, 9.17) is 26.6 Å². The summed E-state index contributed by atoms with van der Waals surface area (Å²) in [6.45, 7) is 4.12. The third kappa shape index (κ3) is 11.2. The van der Waals surface area contributed by atoms with E-state index < -0.39 is 0 Å². The monoisotopic (exact) mass is 849 g/mol. The van der Waals surface area contributed by atoms with E-state index in [1.807, 2.05) is 97.9 Å². The molecule has 0 spiro atoms. The predicted molar refractivity (Wildman–Crippen MR) is 214 cm³/mol. The molecule has 0 aliphatic carbocycles. The van der Waals surface area contributed by atoms with E-state index in [-0.39, 0.29) is 17.1 Å². The Morgan fingerprint density at radius 1 is 0.540 bits per heavy atom. The quantitative estimate of drug-likeness (QED) is 0.0896. The molecule has 0 atom stereocenters. The van der Waals surface area contributed by atoms with Gasteiger partial charge in [-0.25, -0.2) is 15.0 Å². The summed E-state index contributed by atoms with van der Waals surface area (Å²) in [5.41, 5.74) is 10.9. The van der Waals surface area contributed by atoms with Gasteiger partial charge in [0.2, 0.25) is 0 Å². The second-order valence-electron chi connectivity index (χ2n) is 10.9. The van der Waals surface area contributed by atoms with E-state index in [0.29, 0.717) is 34.9 Å². The number of hydrogen-bond donors (Lipinski definition) is 0. The molecule has 5 aromatic carbocycles. The van der Waals surface area contributed by atoms with Gasteiger partial charge in [0.05, 0.1) is 39.2 Å². The maximum absolute atomic E-state index is 6.63. The van der Waals surface area contributed by atoms with Crippen molar-refractivity contribution in [2.45, 2.75) is 25.5 Å². The largest absolute Gasteiger partial charge is 2.00 e. The molecule has 3 nitrogen and oxygen atoms in total. The number of rotatable bonds is 7. The van der Waals surface area contributed by atoms with Crippen LogP contribution in [0.15, 0.2) is 156 Å². The molecule has 0 saturated heterocycles. The summed E-state index contributed by atoms with van der Waals surface area (Å²) in [7, 11) is 0. The Labute approximate surface area is 326 Å². The van der Waals surface area contributed by atoms with Crippen molar-refractivity contribution in [3.63, 3.8) is 0 Å². The fourth-order valence-corrected chi connectivity index (χ4v) is 5.34. The average Bonchev–Trinajstić information content (AvgIpc) is 3.13. The number of hydrogen-bond acceptors (Lipinski definition) is 3. The van der Waals surface area contributed by atoms with Gasteiger partial charge in [0.25, 0.3) is 0 Å². The van der Waals surface area contributed by atoms with Crippen molar-refractivity contribution < 1.29 is 17.1 Å². The maximum atomic E-state index is 6.63. The number of aryl methyl sites for hydroxylation is 2. The van der Waals surface area contributed by atoms with Gasteiger partial charge in [0.15, 0.2) is 0 Å². The molecular formula is C43H40ClFeN3Se2+2. The van der Waals surface area contributed by atoms with Crippen LogP contribution in [-0.4, -0.2) is 46.3 Å². The van der Waals surface area contributed by atoms with E-state index in [9.17, 15) is 0 Å². The predicted octanol–water partition coefficient (Wildman–Crippen LogP) is 11.4. The second kappa shape index (κ2) is 21.6. The Hall–Kier alpha value is -3.56. The van der Waals surface area contributed by atoms with E-state index in [2.05, 4.69) is 84.8 Å². The van der Waals surface area contributed by atoms with Crippen molar-refractivity contribution in [1.82, 2.24) is 4.98 Å². The molecule has 0 fully saturated rings. The van der Waals surface area contributed by atoms with Crippen molar-refractivity contribution in [3.8, 4) is 11.1 Å². The first-order chi connectivity index (χ1) is 23.9. The van der Waals surface area contributed by atoms with Crippen LogP contribution in [0.4, 0.5) is 11.4 Å². The SMILES string of the molecule is Cc1cccc(Cl)c1N=C(c1ccccc1)c1cccc(C(=Nc2c(C)cccc2-c2ccccc2)c2ccccc2)n1.[CH2-][Se+]C.[CH2-][Se+]C.[Fe+2]. The zero-order valence-electron chi connectivity index (χ0n) is 28.7. The number of pyridine rings is 1. The number of para-hydroxylation sites is 2. The van der Waals surface area contributed by atoms with Crippen LogP contribution in [0, 0.1) is 25.5 Å². The van der Waals surface area contributed by atoms with Gasteiger partial charge >= 0.3 is 70.3 Å². The molecule has 1 aromatic heterocycles. The van der Waals surface area contributed by atoms with Crippen LogP contribution in [-0.2, 0) is 17.1 Å². The zero-order chi connectivity index (χ0) is 35.0. The van der Waals surface area contributed by atoms with Gasteiger partial charge in [-0.3, -0.25) is 0 Å². The van der Waals surface area contributed by atoms with Gasteiger partial charge in [-0.1, -0.05) is 139 Å². The molecule has 0 bridgehead atoms. The molecule has 252 valence electrons. The van der Waals surface area contributed by atoms with Crippen LogP contribution in [0.5, 0.6) is 0 Å². The summed E-state index contributed by atoms with van der Waals surface area (Å²) in [6.07, 6.45) is 0. The molecule has 1 heterocycles. The summed E-state index contributed by atoms with van der Waals surface area (Å²) >= 11 is 7.88. The normalized spacial score (nSPS) is 10.9. The molecule has 7 heteroatoms. The molecule has 50 heavy (non-hydrogen) atoms. The molecule has 6 rings (SSSR count). The minimum absolute atomic E-state index is 0. The van der Waals surface area contributed by atoms with Gasteiger partial charge in [-0.05, 0) is 48.7 Å². The van der Waals surface area contributed by atoms with Crippen LogP contribution >= 0.6 is 11.6 Å². The Balaban J connectivity index is 0.000000902. The minimum atomic E-state index is 0. The number of halogens is 1. The van der Waals surface area contributed by atoms with Crippen LogP contribution < -0.4 is 0 Å². The number of nitrogens with zero attached hydrogens (tertiary/aromatic N) is 3. The van der Waals surface area contributed by atoms with Crippen LogP contribution in [0.2, 0.25) is 16.7 Å². The van der Waals surface area contributed by atoms with Crippen molar-refractivity contribution in [2.24, 2.45) is 9.98 Å². The molecule has 0 unspecified atom stereocenters. The van der Waals surface area contributed by atoms with Gasteiger partial charge in [0, 0.05) is 16.7 Å². The summed E-state index contributed by atoms with van der Waals surface area (Å²) < 4.78 is 0. The number of aliphatic imine (C=N–C) groups is 2. The van der Waals surface area contributed by atoms with E-state index >= 15 is 0 Å². The van der Waals surface area contributed by atoms with E-state index in [1.165, 1.54) is 0 Å². The molecule has 2 radical (unpaired) electrons. The molecule has 0 aliphatic rings. The van der Waals surface area contributed by atoms with Crippen molar-refractivity contribution in [1.29, 1.82) is 0 Å². The fraction of sp³-hybridized carbons (Fsp3) is 0.0930. The molecule has 0 amide bonds. The summed E-state index contributed by atoms with van der Waals surface area (Å²) in [4.78, 5) is 15.7. The first-order valence-corrected chi connectivity index (χ1v) is 21.9. The Morgan fingerprint density at radius 2 is 0.940 bits per heavy atom. The van der Waals surface area contributed by atoms with Crippen LogP contribution in [0.3, 0.4) is 0 Å². The van der Waals surface area contributed by atoms with Crippen LogP contribution in [0.1, 0.15) is 33.6 Å². The fourth-order valence-electron chi connectivity index (χ4n) is 5.08. The average molecular weight is 848 g/mol. The first kappa shape index (κ1) is 40.9. The van der Waals surface area contributed by atoms with Crippen molar-refractivity contribution in [3.05, 3.63) is 196 Å². The topological polar surface area (TPSA) is 37.6 Å². The molecular weight excluding hydrogens is 808 g/mol. The van der Waals surface area contributed by atoms with Gasteiger partial charge in [-0.2, -0.15) is 0 Å². The first-order valence-electron chi connectivity index (χ1n) is 15.6. The Bertz CT molecular complexity index is 1960. The van der Waals surface area contributed by atoms with Crippen molar-refractivity contribution in [2.75, 3.05) is 0 Å². The third-order valence-electron chi connectivity index (χ3n) is 7.29. The zero-order valence-corrected chi connectivity index (χ0v) is 33.9. The van der Waals surface area contributed by atoms with E-state index in [1.54, 1.807) is 0 Å². The molecule has 0 saturated carbocycles.